The fourth-order valence-corrected chi connectivity index (χ4v) is 1.37. The van der Waals surface area contributed by atoms with E-state index in [-0.39, 0.29) is 18.0 Å². The minimum absolute atomic E-state index is 0.109. The summed E-state index contributed by atoms with van der Waals surface area (Å²) in [5.41, 5.74) is 2.39. The summed E-state index contributed by atoms with van der Waals surface area (Å²) < 4.78 is 9.66. The molecule has 1 aromatic rings. The van der Waals surface area contributed by atoms with Gasteiger partial charge in [0.2, 0.25) is 0 Å². The van der Waals surface area contributed by atoms with Crippen molar-refractivity contribution < 1.29 is 24.2 Å². The lowest BCUT2D eigenvalue weighted by molar-refractivity contribution is -0.139. The number of phenolic OH excluding ortho intramolecular Hbond substituents is 1. The third-order valence-corrected chi connectivity index (χ3v) is 2.42. The van der Waals surface area contributed by atoms with Gasteiger partial charge in [0.1, 0.15) is 0 Å². The smallest absolute Gasteiger partial charge is 0.329 e. The molecule has 21 heavy (non-hydrogen) atoms. The van der Waals surface area contributed by atoms with Crippen molar-refractivity contribution in [2.75, 3.05) is 27.4 Å². The van der Waals surface area contributed by atoms with Crippen LogP contribution in [0, 0.1) is 0 Å². The maximum Gasteiger partial charge on any atom is 0.329 e. The maximum absolute atomic E-state index is 11.4. The normalized spacial score (nSPS) is 10.4. The van der Waals surface area contributed by atoms with Crippen molar-refractivity contribution in [1.29, 1.82) is 0 Å². The van der Waals surface area contributed by atoms with Crippen molar-refractivity contribution in [1.82, 2.24) is 10.7 Å². The summed E-state index contributed by atoms with van der Waals surface area (Å²) in [6.07, 6.45) is 1.21. The molecule has 0 fully saturated rings. The van der Waals surface area contributed by atoms with Crippen LogP contribution in [0.1, 0.15) is 5.56 Å². The Morgan fingerprint density at radius 1 is 1.33 bits per heavy atom. The summed E-state index contributed by atoms with van der Waals surface area (Å²) in [6.45, 7) is 0.531. The number of amides is 2. The van der Waals surface area contributed by atoms with Crippen molar-refractivity contribution in [3.8, 4) is 11.5 Å². The largest absolute Gasteiger partial charge is 0.504 e. The minimum atomic E-state index is -0.912. The van der Waals surface area contributed by atoms with Crippen LogP contribution in [0.15, 0.2) is 23.3 Å². The van der Waals surface area contributed by atoms with Gasteiger partial charge < -0.3 is 19.9 Å². The molecular weight excluding hydrogens is 278 g/mol. The summed E-state index contributed by atoms with van der Waals surface area (Å²) >= 11 is 0. The SMILES string of the molecule is COCCNC(=O)C(=O)NN=Cc1cccc(OC)c1O. The van der Waals surface area contributed by atoms with Crippen molar-refractivity contribution in [2.45, 2.75) is 0 Å². The summed E-state index contributed by atoms with van der Waals surface area (Å²) in [6, 6.07) is 4.81. The number of benzene rings is 1. The monoisotopic (exact) mass is 295 g/mol. The molecule has 0 unspecified atom stereocenters. The van der Waals surface area contributed by atoms with Crippen LogP contribution in [0.4, 0.5) is 0 Å². The molecule has 0 saturated heterocycles. The van der Waals surface area contributed by atoms with E-state index in [4.69, 9.17) is 9.47 Å². The molecular formula is C13H17N3O5. The van der Waals surface area contributed by atoms with Gasteiger partial charge >= 0.3 is 11.8 Å². The van der Waals surface area contributed by atoms with Crippen LogP contribution in [-0.4, -0.2) is 50.5 Å². The highest BCUT2D eigenvalue weighted by molar-refractivity contribution is 6.35. The Balaban J connectivity index is 2.54. The van der Waals surface area contributed by atoms with Gasteiger partial charge in [-0.1, -0.05) is 6.07 Å². The Bertz CT molecular complexity index is 531. The zero-order valence-electron chi connectivity index (χ0n) is 11.8. The van der Waals surface area contributed by atoms with Gasteiger partial charge in [-0.3, -0.25) is 9.59 Å². The first-order valence-corrected chi connectivity index (χ1v) is 6.06. The molecule has 0 atom stereocenters. The molecule has 0 aromatic heterocycles. The number of hydrazone groups is 1. The number of hydrogen-bond donors (Lipinski definition) is 3. The Kier molecular flexibility index (Phi) is 6.69. The topological polar surface area (TPSA) is 109 Å². The molecule has 0 aliphatic heterocycles. The summed E-state index contributed by atoms with van der Waals surface area (Å²) in [7, 11) is 2.90. The van der Waals surface area contributed by atoms with E-state index in [9.17, 15) is 14.7 Å². The van der Waals surface area contributed by atoms with Crippen LogP contribution in [-0.2, 0) is 14.3 Å². The molecule has 0 heterocycles. The second-order valence-corrected chi connectivity index (χ2v) is 3.85. The van der Waals surface area contributed by atoms with Gasteiger partial charge in [-0.25, -0.2) is 5.43 Å². The van der Waals surface area contributed by atoms with E-state index < -0.39 is 11.8 Å². The van der Waals surface area contributed by atoms with E-state index in [1.165, 1.54) is 20.4 Å². The lowest BCUT2D eigenvalue weighted by Gasteiger charge is -2.05. The lowest BCUT2D eigenvalue weighted by atomic mass is 10.2. The van der Waals surface area contributed by atoms with Crippen LogP contribution in [0.2, 0.25) is 0 Å². The molecule has 0 saturated carbocycles. The fourth-order valence-electron chi connectivity index (χ4n) is 1.37. The van der Waals surface area contributed by atoms with Crippen LogP contribution < -0.4 is 15.5 Å². The van der Waals surface area contributed by atoms with Crippen molar-refractivity contribution in [3.05, 3.63) is 23.8 Å². The van der Waals surface area contributed by atoms with Crippen molar-refractivity contribution in [2.24, 2.45) is 5.10 Å². The van der Waals surface area contributed by atoms with E-state index in [0.717, 1.165) is 0 Å². The first-order valence-electron chi connectivity index (χ1n) is 6.06. The number of carbonyl (C=O) groups is 2. The fraction of sp³-hybridized carbons (Fsp3) is 0.308. The quantitative estimate of drug-likeness (QED) is 0.287. The number of nitrogens with one attached hydrogen (secondary N) is 2. The number of phenols is 1. The van der Waals surface area contributed by atoms with Gasteiger partial charge in [-0.05, 0) is 12.1 Å². The predicted octanol–water partition coefficient (Wildman–Crippen LogP) is -0.386. The molecule has 1 aromatic carbocycles. The molecule has 1 rings (SSSR count). The van der Waals surface area contributed by atoms with Gasteiger partial charge in [0.25, 0.3) is 0 Å². The number of aromatic hydroxyl groups is 1. The number of carbonyl (C=O) groups excluding carboxylic acids is 2. The molecule has 8 heteroatoms. The lowest BCUT2D eigenvalue weighted by Crippen LogP contribution is -2.39. The van der Waals surface area contributed by atoms with Gasteiger partial charge in [-0.15, -0.1) is 0 Å². The van der Waals surface area contributed by atoms with Gasteiger partial charge in [0.15, 0.2) is 11.5 Å². The van der Waals surface area contributed by atoms with Gasteiger partial charge in [-0.2, -0.15) is 5.10 Å². The number of nitrogens with zero attached hydrogens (tertiary/aromatic N) is 1. The van der Waals surface area contributed by atoms with Crippen molar-refractivity contribution in [3.63, 3.8) is 0 Å². The zero-order chi connectivity index (χ0) is 15.7. The maximum atomic E-state index is 11.4. The molecule has 0 spiro atoms. The van der Waals surface area contributed by atoms with E-state index >= 15 is 0 Å². The first kappa shape index (κ1) is 16.4. The molecule has 0 aliphatic carbocycles. The number of para-hydroxylation sites is 1. The average Bonchev–Trinajstić information content (AvgIpc) is 2.49. The third-order valence-electron chi connectivity index (χ3n) is 2.42. The Labute approximate surface area is 121 Å². The summed E-state index contributed by atoms with van der Waals surface area (Å²) in [5, 5.41) is 15.7. The van der Waals surface area contributed by atoms with E-state index in [1.54, 1.807) is 18.2 Å². The minimum Gasteiger partial charge on any atom is -0.504 e. The summed E-state index contributed by atoms with van der Waals surface area (Å²) in [5.74, 6) is -1.56. The van der Waals surface area contributed by atoms with E-state index in [1.807, 2.05) is 5.43 Å². The van der Waals surface area contributed by atoms with E-state index in [2.05, 4.69) is 10.4 Å². The van der Waals surface area contributed by atoms with Gasteiger partial charge in [0, 0.05) is 19.2 Å². The van der Waals surface area contributed by atoms with Crippen LogP contribution in [0.3, 0.4) is 0 Å². The Hall–Kier alpha value is -2.61. The number of ether oxygens (including phenoxy) is 2. The van der Waals surface area contributed by atoms with Crippen LogP contribution in [0.5, 0.6) is 11.5 Å². The highest BCUT2D eigenvalue weighted by atomic mass is 16.5. The standard InChI is InChI=1S/C13H17N3O5/c1-20-7-6-14-12(18)13(19)16-15-8-9-4-3-5-10(21-2)11(9)17/h3-5,8,17H,6-7H2,1-2H3,(H,14,18)(H,16,19). The second-order valence-electron chi connectivity index (χ2n) is 3.85. The van der Waals surface area contributed by atoms with Gasteiger partial charge in [0.05, 0.1) is 19.9 Å². The molecule has 3 N–H and O–H groups in total. The molecule has 8 nitrogen and oxygen atoms in total. The Morgan fingerprint density at radius 3 is 2.76 bits per heavy atom. The molecule has 2 amide bonds. The Morgan fingerprint density at radius 2 is 2.10 bits per heavy atom. The zero-order valence-corrected chi connectivity index (χ0v) is 11.8. The van der Waals surface area contributed by atoms with Crippen LogP contribution >= 0.6 is 0 Å². The van der Waals surface area contributed by atoms with Crippen LogP contribution in [0.25, 0.3) is 0 Å². The predicted molar refractivity (Wildman–Crippen MR) is 75.3 cm³/mol. The van der Waals surface area contributed by atoms with Crippen molar-refractivity contribution >= 4 is 18.0 Å². The average molecular weight is 295 g/mol. The molecule has 0 bridgehead atoms. The highest BCUT2D eigenvalue weighted by Gasteiger charge is 2.11. The molecule has 114 valence electrons. The number of hydrogen-bond acceptors (Lipinski definition) is 6. The number of methoxy groups -OCH3 is 2. The second kappa shape index (κ2) is 8.54. The number of rotatable bonds is 6. The van der Waals surface area contributed by atoms with E-state index in [0.29, 0.717) is 12.2 Å². The highest BCUT2D eigenvalue weighted by Crippen LogP contribution is 2.27. The molecule has 0 radical (unpaired) electrons. The summed E-state index contributed by atoms with van der Waals surface area (Å²) in [4.78, 5) is 22.7. The first-order chi connectivity index (χ1) is 10.1. The third kappa shape index (κ3) is 5.11. The molecule has 0 aliphatic rings.